The van der Waals surface area contributed by atoms with Gasteiger partial charge >= 0.3 is 39.6 Å². The second-order valence-corrected chi connectivity index (χ2v) is 5.16. The molecule has 0 amide bonds. The zero-order valence-corrected chi connectivity index (χ0v) is 10.2. The molecule has 16 heteroatoms. The van der Waals surface area contributed by atoms with Gasteiger partial charge in [0, 0.05) is 0 Å². The molecule has 0 spiro atoms. The van der Waals surface area contributed by atoms with E-state index in [2.05, 4.69) is 4.18 Å². The SMILES string of the molecule is O=S(=O)(OCC(F)(F)C(F)(F)C(F)(F)F)C(F)(F)C(F)(F)F. The van der Waals surface area contributed by atoms with E-state index < -0.39 is 46.2 Å². The third-order valence-electron chi connectivity index (χ3n) is 1.85. The maximum atomic E-state index is 12.5. The van der Waals surface area contributed by atoms with Crippen LogP contribution in [0, 0.1) is 0 Å². The van der Waals surface area contributed by atoms with Crippen molar-refractivity contribution in [2.24, 2.45) is 0 Å². The summed E-state index contributed by atoms with van der Waals surface area (Å²) in [7, 11) is -7.30. The van der Waals surface area contributed by atoms with E-state index in [4.69, 9.17) is 0 Å². The average Bonchev–Trinajstić information content (AvgIpc) is 2.23. The minimum Gasteiger partial charge on any atom is -0.259 e. The molecule has 22 heavy (non-hydrogen) atoms. The average molecular weight is 382 g/mol. The van der Waals surface area contributed by atoms with E-state index in [-0.39, 0.29) is 0 Å². The molecular weight excluding hydrogens is 380 g/mol. The Hall–Kier alpha value is -0.930. The lowest BCUT2D eigenvalue weighted by Crippen LogP contribution is -2.55. The van der Waals surface area contributed by atoms with Crippen LogP contribution < -0.4 is 0 Å². The zero-order valence-electron chi connectivity index (χ0n) is 9.38. The van der Waals surface area contributed by atoms with E-state index in [1.54, 1.807) is 0 Å². The molecule has 0 unspecified atom stereocenters. The molecule has 0 aromatic rings. The van der Waals surface area contributed by atoms with Crippen molar-refractivity contribution in [2.45, 2.75) is 29.5 Å². The van der Waals surface area contributed by atoms with Gasteiger partial charge in [-0.15, -0.1) is 0 Å². The second-order valence-electron chi connectivity index (χ2n) is 3.51. The molecule has 0 radical (unpaired) electrons. The highest BCUT2D eigenvalue weighted by molar-refractivity contribution is 7.87. The second kappa shape index (κ2) is 5.31. The van der Waals surface area contributed by atoms with E-state index in [0.717, 1.165) is 0 Å². The Morgan fingerprint density at radius 3 is 1.32 bits per heavy atom. The van der Waals surface area contributed by atoms with Gasteiger partial charge in [0.05, 0.1) is 0 Å². The Morgan fingerprint density at radius 2 is 1.05 bits per heavy atom. The van der Waals surface area contributed by atoms with Crippen LogP contribution in [0.2, 0.25) is 0 Å². The molecule has 0 heterocycles. The molecular formula is C6H2F12O3S. The van der Waals surface area contributed by atoms with Gasteiger partial charge in [0.15, 0.2) is 0 Å². The van der Waals surface area contributed by atoms with Gasteiger partial charge in [0.1, 0.15) is 6.61 Å². The molecule has 0 aliphatic heterocycles. The van der Waals surface area contributed by atoms with Gasteiger partial charge in [-0.05, 0) is 0 Å². The van der Waals surface area contributed by atoms with Gasteiger partial charge in [-0.2, -0.15) is 61.1 Å². The third kappa shape index (κ3) is 3.52. The fourth-order valence-electron chi connectivity index (χ4n) is 0.665. The first kappa shape index (κ1) is 21.1. The first-order valence-corrected chi connectivity index (χ1v) is 5.77. The number of alkyl halides is 12. The van der Waals surface area contributed by atoms with E-state index in [1.165, 1.54) is 0 Å². The van der Waals surface area contributed by atoms with Gasteiger partial charge in [0.2, 0.25) is 0 Å². The van der Waals surface area contributed by atoms with Crippen LogP contribution in [-0.4, -0.2) is 44.5 Å². The highest BCUT2D eigenvalue weighted by atomic mass is 32.2. The summed E-state index contributed by atoms with van der Waals surface area (Å²) < 4.78 is 167. The number of hydrogen-bond acceptors (Lipinski definition) is 3. The molecule has 134 valence electrons. The standard InChI is InChI=1S/C6H2F12O3S/c7-2(8,3(9,10)4(11,12)13)1-21-22(19,20)6(17,18)5(14,15)16/h1H2. The lowest BCUT2D eigenvalue weighted by Gasteiger charge is -2.28. The largest absolute Gasteiger partial charge is 0.472 e. The Kier molecular flexibility index (Phi) is 5.09. The summed E-state index contributed by atoms with van der Waals surface area (Å²) in [5.41, 5.74) is 0. The summed E-state index contributed by atoms with van der Waals surface area (Å²) in [5, 5.41) is -6.80. The topological polar surface area (TPSA) is 43.4 Å². The normalized spacial score (nSPS) is 16.0. The Balaban J connectivity index is 5.41. The van der Waals surface area contributed by atoms with Crippen molar-refractivity contribution in [2.75, 3.05) is 6.61 Å². The minimum atomic E-state index is -7.30. The maximum absolute atomic E-state index is 12.5. The summed E-state index contributed by atoms with van der Waals surface area (Å²) in [4.78, 5) is 0. The van der Waals surface area contributed by atoms with Crippen molar-refractivity contribution in [3.8, 4) is 0 Å². The Bertz CT molecular complexity index is 500. The first-order valence-electron chi connectivity index (χ1n) is 4.36. The van der Waals surface area contributed by atoms with Crippen molar-refractivity contribution in [3.63, 3.8) is 0 Å². The van der Waals surface area contributed by atoms with Crippen molar-refractivity contribution in [1.82, 2.24) is 0 Å². The van der Waals surface area contributed by atoms with Crippen LogP contribution in [0.5, 0.6) is 0 Å². The van der Waals surface area contributed by atoms with Gasteiger partial charge < -0.3 is 0 Å². The molecule has 0 aromatic carbocycles. The number of halogens is 12. The summed E-state index contributed by atoms with van der Waals surface area (Å²) in [6.45, 7) is -3.59. The first-order chi connectivity index (χ1) is 9.21. The van der Waals surface area contributed by atoms with E-state index in [0.29, 0.717) is 0 Å². The monoisotopic (exact) mass is 382 g/mol. The zero-order chi connectivity index (χ0) is 18.4. The van der Waals surface area contributed by atoms with Crippen LogP contribution in [0.1, 0.15) is 0 Å². The highest BCUT2D eigenvalue weighted by Crippen LogP contribution is 2.47. The minimum absolute atomic E-state index is 2.34. The van der Waals surface area contributed by atoms with Crippen molar-refractivity contribution < 1.29 is 65.3 Å². The molecule has 0 saturated heterocycles. The van der Waals surface area contributed by atoms with Gasteiger partial charge in [-0.3, -0.25) is 4.18 Å². The summed E-state index contributed by atoms with van der Waals surface area (Å²) in [5.74, 6) is -13.4. The van der Waals surface area contributed by atoms with Crippen LogP contribution in [0.25, 0.3) is 0 Å². The van der Waals surface area contributed by atoms with Crippen LogP contribution in [0.3, 0.4) is 0 Å². The Morgan fingerprint density at radius 1 is 0.682 bits per heavy atom. The smallest absolute Gasteiger partial charge is 0.259 e. The van der Waals surface area contributed by atoms with E-state index >= 15 is 0 Å². The molecule has 0 aromatic heterocycles. The maximum Gasteiger partial charge on any atom is 0.472 e. The number of rotatable bonds is 5. The van der Waals surface area contributed by atoms with Crippen LogP contribution in [-0.2, 0) is 14.3 Å². The van der Waals surface area contributed by atoms with E-state index in [1.807, 2.05) is 0 Å². The Labute approximate surface area is 112 Å². The molecule has 3 nitrogen and oxygen atoms in total. The van der Waals surface area contributed by atoms with Gasteiger partial charge in [-0.25, -0.2) is 0 Å². The van der Waals surface area contributed by atoms with Crippen molar-refractivity contribution >= 4 is 10.1 Å². The molecule has 0 aliphatic carbocycles. The van der Waals surface area contributed by atoms with Crippen molar-refractivity contribution in [3.05, 3.63) is 0 Å². The molecule has 0 atom stereocenters. The molecule has 0 bridgehead atoms. The fourth-order valence-corrected chi connectivity index (χ4v) is 1.40. The van der Waals surface area contributed by atoms with E-state index in [9.17, 15) is 61.1 Å². The molecule has 0 aliphatic rings. The highest BCUT2D eigenvalue weighted by Gasteiger charge is 2.74. The number of hydrogen-bond donors (Lipinski definition) is 0. The van der Waals surface area contributed by atoms with Crippen LogP contribution in [0.4, 0.5) is 52.7 Å². The lowest BCUT2D eigenvalue weighted by molar-refractivity contribution is -0.358. The molecule has 0 fully saturated rings. The van der Waals surface area contributed by atoms with Gasteiger partial charge in [0.25, 0.3) is 0 Å². The summed E-state index contributed by atoms with van der Waals surface area (Å²) >= 11 is 0. The quantitative estimate of drug-likeness (QED) is 0.541. The fraction of sp³-hybridized carbons (Fsp3) is 1.00. The third-order valence-corrected chi connectivity index (χ3v) is 3.14. The molecule has 0 saturated carbocycles. The van der Waals surface area contributed by atoms with Gasteiger partial charge in [-0.1, -0.05) is 0 Å². The molecule has 0 N–H and O–H groups in total. The summed E-state index contributed by atoms with van der Waals surface area (Å²) in [6.07, 6.45) is -13.8. The predicted octanol–water partition coefficient (Wildman–Crippen LogP) is 3.32. The molecule has 0 rings (SSSR count). The lowest BCUT2D eigenvalue weighted by atomic mass is 10.2. The predicted molar refractivity (Wildman–Crippen MR) is 41.8 cm³/mol. The van der Waals surface area contributed by atoms with Crippen LogP contribution >= 0.6 is 0 Å². The van der Waals surface area contributed by atoms with Crippen molar-refractivity contribution in [1.29, 1.82) is 0 Å². The van der Waals surface area contributed by atoms with Crippen LogP contribution in [0.15, 0.2) is 0 Å². The summed E-state index contributed by atoms with van der Waals surface area (Å²) in [6, 6.07) is 0.